The van der Waals surface area contributed by atoms with E-state index >= 15 is 0 Å². The molecule has 0 fully saturated rings. The first-order valence-corrected chi connectivity index (χ1v) is 10.6. The van der Waals surface area contributed by atoms with Gasteiger partial charge >= 0.3 is 0 Å². The molecule has 2 rings (SSSR count). The SMILES string of the molecule is CC(C)(C)c1ccc(C(=O)NCCSC(=O)c2ccc(C(C)(C)C)cc2)cc1. The third-order valence-corrected chi connectivity index (χ3v) is 5.53. The van der Waals surface area contributed by atoms with Gasteiger partial charge in [0.05, 0.1) is 0 Å². The van der Waals surface area contributed by atoms with Crippen molar-refractivity contribution in [3.05, 3.63) is 70.8 Å². The van der Waals surface area contributed by atoms with Gasteiger partial charge in [-0.2, -0.15) is 0 Å². The molecule has 1 amide bonds. The van der Waals surface area contributed by atoms with Crippen molar-refractivity contribution in [2.24, 2.45) is 0 Å². The highest BCUT2D eigenvalue weighted by Crippen LogP contribution is 2.24. The Hall–Kier alpha value is -2.07. The number of carbonyl (C=O) groups is 2. The van der Waals surface area contributed by atoms with Crippen LogP contribution < -0.4 is 5.32 Å². The smallest absolute Gasteiger partial charge is 0.251 e. The molecule has 0 aliphatic rings. The molecular weight excluding hydrogens is 366 g/mol. The van der Waals surface area contributed by atoms with E-state index in [9.17, 15) is 9.59 Å². The van der Waals surface area contributed by atoms with Crippen molar-refractivity contribution in [3.8, 4) is 0 Å². The number of nitrogens with one attached hydrogen (secondary N) is 1. The van der Waals surface area contributed by atoms with Crippen LogP contribution in [0.5, 0.6) is 0 Å². The van der Waals surface area contributed by atoms with Crippen LogP contribution in [0.3, 0.4) is 0 Å². The summed E-state index contributed by atoms with van der Waals surface area (Å²) in [6.45, 7) is 13.3. The lowest BCUT2D eigenvalue weighted by atomic mass is 9.87. The molecule has 0 atom stereocenters. The van der Waals surface area contributed by atoms with Crippen molar-refractivity contribution >= 4 is 22.8 Å². The average molecular weight is 398 g/mol. The van der Waals surface area contributed by atoms with Crippen molar-refractivity contribution in [2.45, 2.75) is 52.4 Å². The second kappa shape index (κ2) is 8.95. The first-order chi connectivity index (χ1) is 13.0. The van der Waals surface area contributed by atoms with Gasteiger partial charge in [-0.3, -0.25) is 9.59 Å². The van der Waals surface area contributed by atoms with Gasteiger partial charge in [0, 0.05) is 23.4 Å². The second-order valence-electron chi connectivity index (χ2n) is 9.05. The van der Waals surface area contributed by atoms with Crippen LogP contribution >= 0.6 is 11.8 Å². The number of hydrogen-bond donors (Lipinski definition) is 1. The monoisotopic (exact) mass is 397 g/mol. The van der Waals surface area contributed by atoms with E-state index in [-0.39, 0.29) is 21.9 Å². The molecule has 0 saturated carbocycles. The Morgan fingerprint density at radius 2 is 1.18 bits per heavy atom. The molecule has 0 saturated heterocycles. The highest BCUT2D eigenvalue weighted by molar-refractivity contribution is 8.14. The molecule has 0 spiro atoms. The standard InChI is InChI=1S/C24H31NO2S/c1-23(2,3)19-11-7-17(8-12-19)21(26)25-15-16-28-22(27)18-9-13-20(14-10-18)24(4,5)6/h7-14H,15-16H2,1-6H3,(H,25,26). The molecule has 2 aromatic rings. The Morgan fingerprint density at radius 1 is 0.750 bits per heavy atom. The number of amides is 1. The van der Waals surface area contributed by atoms with E-state index in [0.717, 1.165) is 0 Å². The van der Waals surface area contributed by atoms with E-state index in [1.165, 1.54) is 22.9 Å². The van der Waals surface area contributed by atoms with Gasteiger partial charge in [0.25, 0.3) is 5.91 Å². The molecule has 2 aromatic carbocycles. The normalized spacial score (nSPS) is 11.9. The van der Waals surface area contributed by atoms with Crippen LogP contribution in [0.1, 0.15) is 73.4 Å². The van der Waals surface area contributed by atoms with E-state index in [0.29, 0.717) is 23.4 Å². The third-order valence-electron chi connectivity index (χ3n) is 4.62. The molecule has 1 N–H and O–H groups in total. The summed E-state index contributed by atoms with van der Waals surface area (Å²) in [5.74, 6) is 0.439. The largest absolute Gasteiger partial charge is 0.351 e. The van der Waals surface area contributed by atoms with Gasteiger partial charge in [-0.1, -0.05) is 89.7 Å². The average Bonchev–Trinajstić information content (AvgIpc) is 2.63. The number of benzene rings is 2. The highest BCUT2D eigenvalue weighted by Gasteiger charge is 2.15. The molecular formula is C24H31NO2S. The summed E-state index contributed by atoms with van der Waals surface area (Å²) in [5.41, 5.74) is 3.88. The van der Waals surface area contributed by atoms with E-state index in [2.05, 4.69) is 46.9 Å². The van der Waals surface area contributed by atoms with Crippen LogP contribution in [0.15, 0.2) is 48.5 Å². The van der Waals surface area contributed by atoms with Gasteiger partial charge in [-0.05, 0) is 34.1 Å². The number of thioether (sulfide) groups is 1. The molecule has 0 radical (unpaired) electrons. The maximum atomic E-state index is 12.3. The fourth-order valence-electron chi connectivity index (χ4n) is 2.72. The maximum absolute atomic E-state index is 12.3. The summed E-state index contributed by atoms with van der Waals surface area (Å²) in [5, 5.41) is 2.91. The van der Waals surface area contributed by atoms with Gasteiger partial charge in [-0.25, -0.2) is 0 Å². The maximum Gasteiger partial charge on any atom is 0.251 e. The van der Waals surface area contributed by atoms with Crippen molar-refractivity contribution in [2.75, 3.05) is 12.3 Å². The molecule has 0 aromatic heterocycles. The number of hydrogen-bond acceptors (Lipinski definition) is 3. The van der Waals surface area contributed by atoms with Gasteiger partial charge in [0.2, 0.25) is 5.12 Å². The summed E-state index contributed by atoms with van der Waals surface area (Å²) in [4.78, 5) is 24.5. The molecule has 0 aliphatic heterocycles. The summed E-state index contributed by atoms with van der Waals surface area (Å²) in [7, 11) is 0. The molecule has 0 bridgehead atoms. The van der Waals surface area contributed by atoms with E-state index in [4.69, 9.17) is 0 Å². The Balaban J connectivity index is 1.80. The zero-order chi connectivity index (χ0) is 20.9. The van der Waals surface area contributed by atoms with Gasteiger partial charge in [0.15, 0.2) is 0 Å². The van der Waals surface area contributed by atoms with Crippen LogP contribution in [-0.4, -0.2) is 23.3 Å². The molecule has 0 heterocycles. The summed E-state index contributed by atoms with van der Waals surface area (Å²) >= 11 is 1.23. The van der Waals surface area contributed by atoms with Crippen molar-refractivity contribution < 1.29 is 9.59 Å². The Bertz CT molecular complexity index is 738. The Labute approximate surface area is 173 Å². The Morgan fingerprint density at radius 3 is 1.61 bits per heavy atom. The molecule has 150 valence electrons. The van der Waals surface area contributed by atoms with Gasteiger partial charge < -0.3 is 5.32 Å². The van der Waals surface area contributed by atoms with Crippen LogP contribution in [0.2, 0.25) is 0 Å². The molecule has 0 aliphatic carbocycles. The minimum atomic E-state index is -0.108. The minimum Gasteiger partial charge on any atom is -0.351 e. The quantitative estimate of drug-likeness (QED) is 0.670. The predicted molar refractivity (Wildman–Crippen MR) is 119 cm³/mol. The van der Waals surface area contributed by atoms with E-state index in [1.54, 1.807) is 0 Å². The van der Waals surface area contributed by atoms with Gasteiger partial charge in [0.1, 0.15) is 0 Å². The summed E-state index contributed by atoms with van der Waals surface area (Å²) in [6, 6.07) is 15.5. The first kappa shape index (κ1) is 22.2. The van der Waals surface area contributed by atoms with Crippen molar-refractivity contribution in [3.63, 3.8) is 0 Å². The van der Waals surface area contributed by atoms with E-state index < -0.39 is 0 Å². The highest BCUT2D eigenvalue weighted by atomic mass is 32.2. The van der Waals surface area contributed by atoms with Crippen molar-refractivity contribution in [1.82, 2.24) is 5.32 Å². The lowest BCUT2D eigenvalue weighted by Crippen LogP contribution is -2.26. The van der Waals surface area contributed by atoms with Crippen LogP contribution in [0.25, 0.3) is 0 Å². The fraction of sp³-hybridized carbons (Fsp3) is 0.417. The molecule has 28 heavy (non-hydrogen) atoms. The second-order valence-corrected chi connectivity index (χ2v) is 10.1. The van der Waals surface area contributed by atoms with Crippen LogP contribution in [-0.2, 0) is 10.8 Å². The Kier molecular flexibility index (Phi) is 7.11. The van der Waals surface area contributed by atoms with Crippen LogP contribution in [0, 0.1) is 0 Å². The minimum absolute atomic E-state index is 0.0317. The zero-order valence-corrected chi connectivity index (χ0v) is 18.6. The molecule has 3 nitrogen and oxygen atoms in total. The first-order valence-electron chi connectivity index (χ1n) is 9.65. The van der Waals surface area contributed by atoms with Crippen molar-refractivity contribution in [1.29, 1.82) is 0 Å². The lowest BCUT2D eigenvalue weighted by molar-refractivity contribution is 0.0955. The number of rotatable bonds is 5. The summed E-state index contributed by atoms with van der Waals surface area (Å²) < 4.78 is 0. The third kappa shape index (κ3) is 6.23. The fourth-order valence-corrected chi connectivity index (χ4v) is 3.41. The summed E-state index contributed by atoms with van der Waals surface area (Å²) in [6.07, 6.45) is 0. The van der Waals surface area contributed by atoms with Gasteiger partial charge in [-0.15, -0.1) is 0 Å². The molecule has 0 unspecified atom stereocenters. The predicted octanol–water partition coefficient (Wildman–Crippen LogP) is 5.59. The molecule has 4 heteroatoms. The number of carbonyl (C=O) groups excluding carboxylic acids is 2. The zero-order valence-electron chi connectivity index (χ0n) is 17.8. The lowest BCUT2D eigenvalue weighted by Gasteiger charge is -2.19. The van der Waals surface area contributed by atoms with Crippen LogP contribution in [0.4, 0.5) is 0 Å². The van der Waals surface area contributed by atoms with E-state index in [1.807, 2.05) is 48.5 Å². The topological polar surface area (TPSA) is 46.2 Å².